The molecule has 0 saturated carbocycles. The summed E-state index contributed by atoms with van der Waals surface area (Å²) in [5.74, 6) is 0. The molecule has 110 valence electrons. The average Bonchev–Trinajstić information content (AvgIpc) is 2.70. The molecule has 1 fully saturated rings. The van der Waals surface area contributed by atoms with Crippen LogP contribution in [0.1, 0.15) is 32.8 Å². The summed E-state index contributed by atoms with van der Waals surface area (Å²) >= 11 is 0. The minimum atomic E-state index is -0.512. The fourth-order valence-electron chi connectivity index (χ4n) is 2.49. The minimum Gasteiger partial charge on any atom is -0.444 e. The summed E-state index contributed by atoms with van der Waals surface area (Å²) in [6, 6.07) is 9.71. The summed E-state index contributed by atoms with van der Waals surface area (Å²) in [6.07, 6.45) is 0.440. The quantitative estimate of drug-likeness (QED) is 0.904. The van der Waals surface area contributed by atoms with Crippen LogP contribution in [0.15, 0.2) is 30.3 Å². The summed E-state index contributed by atoms with van der Waals surface area (Å²) in [7, 11) is 0. The van der Waals surface area contributed by atoms with Crippen molar-refractivity contribution in [2.24, 2.45) is 0 Å². The predicted molar refractivity (Wildman–Crippen MR) is 77.5 cm³/mol. The van der Waals surface area contributed by atoms with E-state index in [0.29, 0.717) is 19.4 Å². The topological polar surface area (TPSA) is 49.8 Å². The number of rotatable bonds is 2. The van der Waals surface area contributed by atoms with Crippen molar-refractivity contribution < 1.29 is 14.6 Å². The highest BCUT2D eigenvalue weighted by atomic mass is 16.6. The van der Waals surface area contributed by atoms with E-state index in [-0.39, 0.29) is 12.1 Å². The Bertz CT molecular complexity index is 453. The maximum Gasteiger partial charge on any atom is 0.410 e. The van der Waals surface area contributed by atoms with Crippen molar-refractivity contribution in [3.63, 3.8) is 0 Å². The Labute approximate surface area is 120 Å². The molecule has 1 aromatic rings. The molecule has 1 heterocycles. The van der Waals surface area contributed by atoms with E-state index in [0.717, 1.165) is 5.56 Å². The normalized spacial score (nSPS) is 22.9. The van der Waals surface area contributed by atoms with E-state index >= 15 is 0 Å². The van der Waals surface area contributed by atoms with Gasteiger partial charge in [-0.15, -0.1) is 0 Å². The van der Waals surface area contributed by atoms with Gasteiger partial charge in [0, 0.05) is 6.54 Å². The van der Waals surface area contributed by atoms with Crippen LogP contribution in [-0.2, 0) is 11.2 Å². The fourth-order valence-corrected chi connectivity index (χ4v) is 2.49. The monoisotopic (exact) mass is 277 g/mol. The number of hydrogen-bond acceptors (Lipinski definition) is 3. The number of amides is 1. The molecule has 0 spiro atoms. The maximum absolute atomic E-state index is 12.2. The minimum absolute atomic E-state index is 0.202. The predicted octanol–water partition coefficient (Wildman–Crippen LogP) is 2.60. The lowest BCUT2D eigenvalue weighted by molar-refractivity contribution is 0.0156. The van der Waals surface area contributed by atoms with Crippen LogP contribution in [0.2, 0.25) is 0 Å². The van der Waals surface area contributed by atoms with E-state index in [2.05, 4.69) is 0 Å². The lowest BCUT2D eigenvalue weighted by Crippen LogP contribution is -2.43. The first kappa shape index (κ1) is 14.9. The molecule has 1 N–H and O–H groups in total. The molecule has 20 heavy (non-hydrogen) atoms. The molecule has 1 aliphatic heterocycles. The zero-order valence-electron chi connectivity index (χ0n) is 12.4. The number of carbonyl (C=O) groups excluding carboxylic acids is 1. The molecule has 0 bridgehead atoms. The van der Waals surface area contributed by atoms with Gasteiger partial charge in [0.25, 0.3) is 0 Å². The van der Waals surface area contributed by atoms with E-state index in [1.165, 1.54) is 0 Å². The molecular weight excluding hydrogens is 254 g/mol. The van der Waals surface area contributed by atoms with E-state index < -0.39 is 11.7 Å². The summed E-state index contributed by atoms with van der Waals surface area (Å²) in [6.45, 7) is 6.10. The van der Waals surface area contributed by atoms with Crippen LogP contribution in [-0.4, -0.2) is 40.4 Å². The number of ether oxygens (including phenoxy) is 1. The number of benzene rings is 1. The summed E-state index contributed by atoms with van der Waals surface area (Å²) < 4.78 is 5.41. The number of carbonyl (C=O) groups is 1. The first-order chi connectivity index (χ1) is 9.37. The van der Waals surface area contributed by atoms with Crippen LogP contribution >= 0.6 is 0 Å². The average molecular weight is 277 g/mol. The molecule has 1 aromatic carbocycles. The van der Waals surface area contributed by atoms with Crippen LogP contribution in [0.25, 0.3) is 0 Å². The third kappa shape index (κ3) is 3.73. The van der Waals surface area contributed by atoms with Crippen molar-refractivity contribution in [3.05, 3.63) is 35.9 Å². The van der Waals surface area contributed by atoms with Crippen LogP contribution in [0.3, 0.4) is 0 Å². The molecular formula is C16H23NO3. The number of likely N-dealkylation sites (tertiary alicyclic amines) is 1. The Kier molecular flexibility index (Phi) is 4.33. The maximum atomic E-state index is 12.2. The van der Waals surface area contributed by atoms with E-state index in [9.17, 15) is 9.90 Å². The second-order valence-electron chi connectivity index (χ2n) is 6.29. The zero-order chi connectivity index (χ0) is 14.8. The highest BCUT2D eigenvalue weighted by molar-refractivity contribution is 5.69. The number of hydrogen-bond donors (Lipinski definition) is 1. The van der Waals surface area contributed by atoms with Crippen molar-refractivity contribution in [2.45, 2.75) is 51.4 Å². The van der Waals surface area contributed by atoms with Gasteiger partial charge in [-0.05, 0) is 39.2 Å². The second-order valence-corrected chi connectivity index (χ2v) is 6.29. The van der Waals surface area contributed by atoms with Crippen molar-refractivity contribution in [1.82, 2.24) is 4.90 Å². The third-order valence-corrected chi connectivity index (χ3v) is 3.43. The first-order valence-electron chi connectivity index (χ1n) is 7.08. The van der Waals surface area contributed by atoms with Gasteiger partial charge < -0.3 is 14.7 Å². The summed E-state index contributed by atoms with van der Waals surface area (Å²) in [5.41, 5.74) is 0.606. The SMILES string of the molecule is CC(C)(C)OC(=O)N1CCC(O)C1Cc1ccccc1. The highest BCUT2D eigenvalue weighted by Gasteiger charge is 2.37. The van der Waals surface area contributed by atoms with E-state index in [4.69, 9.17) is 4.74 Å². The van der Waals surface area contributed by atoms with Crippen LogP contribution in [0.4, 0.5) is 4.79 Å². The van der Waals surface area contributed by atoms with Gasteiger partial charge in [0.2, 0.25) is 0 Å². The Morgan fingerprint density at radius 1 is 1.35 bits per heavy atom. The number of aliphatic hydroxyl groups excluding tert-OH is 1. The smallest absolute Gasteiger partial charge is 0.410 e. The second kappa shape index (κ2) is 5.83. The van der Waals surface area contributed by atoms with Gasteiger partial charge in [-0.25, -0.2) is 4.79 Å². The number of aliphatic hydroxyl groups is 1. The zero-order valence-corrected chi connectivity index (χ0v) is 12.4. The highest BCUT2D eigenvalue weighted by Crippen LogP contribution is 2.24. The number of nitrogens with zero attached hydrogens (tertiary/aromatic N) is 1. The van der Waals surface area contributed by atoms with Crippen LogP contribution < -0.4 is 0 Å². The molecule has 2 rings (SSSR count). The van der Waals surface area contributed by atoms with Crippen LogP contribution in [0, 0.1) is 0 Å². The molecule has 0 radical (unpaired) electrons. The van der Waals surface area contributed by atoms with Crippen molar-refractivity contribution in [2.75, 3.05) is 6.54 Å². The van der Waals surface area contributed by atoms with Crippen molar-refractivity contribution >= 4 is 6.09 Å². The lowest BCUT2D eigenvalue weighted by Gasteiger charge is -2.29. The Morgan fingerprint density at radius 2 is 2.00 bits per heavy atom. The van der Waals surface area contributed by atoms with Gasteiger partial charge in [-0.1, -0.05) is 30.3 Å². The van der Waals surface area contributed by atoms with Crippen LogP contribution in [0.5, 0.6) is 0 Å². The van der Waals surface area contributed by atoms with Gasteiger partial charge in [0.05, 0.1) is 12.1 Å². The molecule has 0 aliphatic carbocycles. The standard InChI is InChI=1S/C16H23NO3/c1-16(2,3)20-15(19)17-10-9-14(18)13(17)11-12-7-5-4-6-8-12/h4-8,13-14,18H,9-11H2,1-3H3. The molecule has 1 amide bonds. The Morgan fingerprint density at radius 3 is 2.60 bits per heavy atom. The van der Waals surface area contributed by atoms with Gasteiger partial charge >= 0.3 is 6.09 Å². The van der Waals surface area contributed by atoms with Gasteiger partial charge in [0.15, 0.2) is 0 Å². The van der Waals surface area contributed by atoms with Crippen molar-refractivity contribution in [1.29, 1.82) is 0 Å². The fraction of sp³-hybridized carbons (Fsp3) is 0.562. The van der Waals surface area contributed by atoms with Gasteiger partial charge in [-0.3, -0.25) is 0 Å². The Balaban J connectivity index is 2.07. The first-order valence-corrected chi connectivity index (χ1v) is 7.08. The van der Waals surface area contributed by atoms with E-state index in [1.807, 2.05) is 51.1 Å². The molecule has 2 unspecified atom stereocenters. The van der Waals surface area contributed by atoms with Crippen molar-refractivity contribution in [3.8, 4) is 0 Å². The summed E-state index contributed by atoms with van der Waals surface area (Å²) in [4.78, 5) is 13.9. The molecule has 2 atom stereocenters. The molecule has 1 saturated heterocycles. The van der Waals surface area contributed by atoms with Gasteiger partial charge in [-0.2, -0.15) is 0 Å². The molecule has 0 aromatic heterocycles. The summed E-state index contributed by atoms with van der Waals surface area (Å²) in [5, 5.41) is 10.1. The van der Waals surface area contributed by atoms with E-state index in [1.54, 1.807) is 4.90 Å². The van der Waals surface area contributed by atoms with Gasteiger partial charge in [0.1, 0.15) is 5.60 Å². The molecule has 4 nitrogen and oxygen atoms in total. The molecule has 1 aliphatic rings. The largest absolute Gasteiger partial charge is 0.444 e. The molecule has 4 heteroatoms. The lowest BCUT2D eigenvalue weighted by atomic mass is 10.0. The third-order valence-electron chi connectivity index (χ3n) is 3.43. The Hall–Kier alpha value is -1.55.